The number of nitrogens with two attached hydrogens (primary N) is 1. The number of esters is 1. The number of aryl methyl sites for hydroxylation is 1. The molecule has 21 heavy (non-hydrogen) atoms. The van der Waals surface area contributed by atoms with E-state index in [9.17, 15) is 9.18 Å². The summed E-state index contributed by atoms with van der Waals surface area (Å²) in [5.74, 6) is -0.199. The Hall–Kier alpha value is -2.08. The topological polar surface area (TPSA) is 70.1 Å². The molecule has 0 atom stereocenters. The quantitative estimate of drug-likeness (QED) is 0.881. The SMILES string of the molecule is CCc1nc(C(=O)OC)c(N)n1Cc1ccc(F)c(Cl)c1. The van der Waals surface area contributed by atoms with Crippen molar-refractivity contribution in [1.82, 2.24) is 9.55 Å². The zero-order valence-electron chi connectivity index (χ0n) is 11.7. The first kappa shape index (κ1) is 15.3. The summed E-state index contributed by atoms with van der Waals surface area (Å²) in [4.78, 5) is 15.8. The summed E-state index contributed by atoms with van der Waals surface area (Å²) < 4.78 is 19.5. The van der Waals surface area contributed by atoms with Crippen LogP contribution in [0.3, 0.4) is 0 Å². The average molecular weight is 312 g/mol. The van der Waals surface area contributed by atoms with Gasteiger partial charge in [0.1, 0.15) is 17.5 Å². The van der Waals surface area contributed by atoms with Crippen molar-refractivity contribution in [1.29, 1.82) is 0 Å². The van der Waals surface area contributed by atoms with Crippen molar-refractivity contribution in [2.75, 3.05) is 12.8 Å². The lowest BCUT2D eigenvalue weighted by atomic mass is 10.2. The highest BCUT2D eigenvalue weighted by Gasteiger charge is 2.20. The van der Waals surface area contributed by atoms with Gasteiger partial charge in [0.2, 0.25) is 0 Å². The number of halogens is 2. The highest BCUT2D eigenvalue weighted by atomic mass is 35.5. The third-order valence-corrected chi connectivity index (χ3v) is 3.40. The third-order valence-electron chi connectivity index (χ3n) is 3.11. The van der Waals surface area contributed by atoms with E-state index in [2.05, 4.69) is 9.72 Å². The van der Waals surface area contributed by atoms with Crippen molar-refractivity contribution in [2.24, 2.45) is 0 Å². The molecule has 0 unspecified atom stereocenters. The fourth-order valence-corrected chi connectivity index (χ4v) is 2.23. The molecule has 0 fully saturated rings. The molecule has 2 N–H and O–H groups in total. The summed E-state index contributed by atoms with van der Waals surface area (Å²) in [6.07, 6.45) is 0.593. The number of aromatic nitrogens is 2. The second-order valence-corrected chi connectivity index (χ2v) is 4.85. The average Bonchev–Trinajstić information content (AvgIpc) is 2.79. The Labute approximate surface area is 126 Å². The van der Waals surface area contributed by atoms with Gasteiger partial charge in [-0.05, 0) is 17.7 Å². The number of benzene rings is 1. The molecule has 0 aliphatic carbocycles. The summed E-state index contributed by atoms with van der Waals surface area (Å²) in [6, 6.07) is 4.42. The predicted octanol–water partition coefficient (Wildman–Crippen LogP) is 2.66. The van der Waals surface area contributed by atoms with Gasteiger partial charge in [-0.25, -0.2) is 14.2 Å². The van der Waals surface area contributed by atoms with Crippen LogP contribution in [0, 0.1) is 5.82 Å². The van der Waals surface area contributed by atoms with Gasteiger partial charge in [-0.1, -0.05) is 24.6 Å². The highest BCUT2D eigenvalue weighted by molar-refractivity contribution is 6.30. The molecular weight excluding hydrogens is 297 g/mol. The predicted molar refractivity (Wildman–Crippen MR) is 77.9 cm³/mol. The van der Waals surface area contributed by atoms with Crippen LogP contribution < -0.4 is 5.73 Å². The van der Waals surface area contributed by atoms with Gasteiger partial charge in [-0.2, -0.15) is 0 Å². The van der Waals surface area contributed by atoms with Gasteiger partial charge < -0.3 is 15.0 Å². The minimum atomic E-state index is -0.585. The van der Waals surface area contributed by atoms with Crippen molar-refractivity contribution in [2.45, 2.75) is 19.9 Å². The summed E-state index contributed by atoms with van der Waals surface area (Å²) >= 11 is 5.77. The normalized spacial score (nSPS) is 10.7. The molecule has 0 saturated heterocycles. The van der Waals surface area contributed by atoms with Crippen LogP contribution in [0.15, 0.2) is 18.2 Å². The minimum absolute atomic E-state index is 0.0393. The number of anilines is 1. The molecule has 0 aliphatic rings. The summed E-state index contributed by atoms with van der Waals surface area (Å²) in [5.41, 5.74) is 6.81. The van der Waals surface area contributed by atoms with Gasteiger partial charge in [-0.15, -0.1) is 0 Å². The summed E-state index contributed by atoms with van der Waals surface area (Å²) in [5, 5.41) is 0.0393. The molecule has 0 bridgehead atoms. The van der Waals surface area contributed by atoms with Crippen LogP contribution in [-0.2, 0) is 17.7 Å². The van der Waals surface area contributed by atoms with Crippen LogP contribution in [-0.4, -0.2) is 22.6 Å². The van der Waals surface area contributed by atoms with Crippen molar-refractivity contribution in [3.05, 3.63) is 46.1 Å². The maximum absolute atomic E-state index is 13.2. The lowest BCUT2D eigenvalue weighted by Gasteiger charge is -2.09. The fraction of sp³-hybridized carbons (Fsp3) is 0.286. The number of nitrogen functional groups attached to an aromatic ring is 1. The Morgan fingerprint density at radius 3 is 2.81 bits per heavy atom. The first-order valence-electron chi connectivity index (χ1n) is 6.35. The highest BCUT2D eigenvalue weighted by Crippen LogP contribution is 2.21. The van der Waals surface area contributed by atoms with E-state index in [-0.39, 0.29) is 16.5 Å². The zero-order chi connectivity index (χ0) is 15.6. The van der Waals surface area contributed by atoms with E-state index in [1.807, 2.05) is 6.92 Å². The molecule has 0 spiro atoms. The largest absolute Gasteiger partial charge is 0.464 e. The van der Waals surface area contributed by atoms with Crippen molar-refractivity contribution in [3.63, 3.8) is 0 Å². The number of carbonyl (C=O) groups excluding carboxylic acids is 1. The standard InChI is InChI=1S/C14H15ClFN3O2/c1-3-11-18-12(14(20)21-2)13(17)19(11)7-8-4-5-10(16)9(15)6-8/h4-6H,3,7,17H2,1-2H3. The molecule has 0 radical (unpaired) electrons. The van der Waals surface area contributed by atoms with E-state index in [4.69, 9.17) is 17.3 Å². The Bertz CT molecular complexity index is 685. The molecule has 2 aromatic rings. The lowest BCUT2D eigenvalue weighted by Crippen LogP contribution is -2.10. The summed E-state index contributed by atoms with van der Waals surface area (Å²) in [7, 11) is 1.27. The number of rotatable bonds is 4. The second-order valence-electron chi connectivity index (χ2n) is 4.44. The number of nitrogens with zero attached hydrogens (tertiary/aromatic N) is 2. The van der Waals surface area contributed by atoms with Gasteiger partial charge in [0, 0.05) is 6.42 Å². The van der Waals surface area contributed by atoms with Crippen LogP contribution in [0.25, 0.3) is 0 Å². The zero-order valence-corrected chi connectivity index (χ0v) is 12.4. The molecule has 2 rings (SSSR count). The third kappa shape index (κ3) is 3.00. The maximum Gasteiger partial charge on any atom is 0.360 e. The molecule has 7 heteroatoms. The minimum Gasteiger partial charge on any atom is -0.464 e. The number of hydrogen-bond donors (Lipinski definition) is 1. The molecule has 5 nitrogen and oxygen atoms in total. The van der Waals surface area contributed by atoms with Crippen molar-refractivity contribution < 1.29 is 13.9 Å². The number of carbonyl (C=O) groups is 1. The van der Waals surface area contributed by atoms with Crippen LogP contribution in [0.4, 0.5) is 10.2 Å². The molecule has 0 saturated carbocycles. The Morgan fingerprint density at radius 2 is 2.24 bits per heavy atom. The fourth-order valence-electron chi connectivity index (χ4n) is 2.03. The Morgan fingerprint density at radius 1 is 1.52 bits per heavy atom. The number of imidazole rings is 1. The maximum atomic E-state index is 13.2. The van der Waals surface area contributed by atoms with Gasteiger partial charge in [0.25, 0.3) is 0 Å². The van der Waals surface area contributed by atoms with Crippen molar-refractivity contribution in [3.8, 4) is 0 Å². The van der Waals surface area contributed by atoms with Crippen LogP contribution in [0.1, 0.15) is 28.8 Å². The molecule has 1 heterocycles. The first-order valence-corrected chi connectivity index (χ1v) is 6.72. The lowest BCUT2D eigenvalue weighted by molar-refractivity contribution is 0.0595. The summed E-state index contributed by atoms with van der Waals surface area (Å²) in [6.45, 7) is 2.25. The van der Waals surface area contributed by atoms with Gasteiger partial charge in [0.05, 0.1) is 18.7 Å². The number of hydrogen-bond acceptors (Lipinski definition) is 4. The molecule has 112 valence electrons. The number of ether oxygens (including phenoxy) is 1. The van der Waals surface area contributed by atoms with E-state index >= 15 is 0 Å². The molecule has 0 aliphatic heterocycles. The van der Waals surface area contributed by atoms with E-state index in [1.54, 1.807) is 10.6 Å². The monoisotopic (exact) mass is 311 g/mol. The van der Waals surface area contributed by atoms with Crippen LogP contribution in [0.2, 0.25) is 5.02 Å². The molecular formula is C14H15ClFN3O2. The Balaban J connectivity index is 2.41. The van der Waals surface area contributed by atoms with E-state index < -0.39 is 11.8 Å². The number of methoxy groups -OCH3 is 1. The van der Waals surface area contributed by atoms with Crippen LogP contribution in [0.5, 0.6) is 0 Å². The Kier molecular flexibility index (Phi) is 4.47. The van der Waals surface area contributed by atoms with E-state index in [1.165, 1.54) is 19.2 Å². The molecule has 0 amide bonds. The smallest absolute Gasteiger partial charge is 0.360 e. The van der Waals surface area contributed by atoms with E-state index in [0.717, 1.165) is 5.56 Å². The van der Waals surface area contributed by atoms with E-state index in [0.29, 0.717) is 18.8 Å². The van der Waals surface area contributed by atoms with Gasteiger partial charge >= 0.3 is 5.97 Å². The molecule has 1 aromatic heterocycles. The van der Waals surface area contributed by atoms with Gasteiger partial charge in [-0.3, -0.25) is 0 Å². The first-order chi connectivity index (χ1) is 9.97. The molecule has 1 aromatic carbocycles. The van der Waals surface area contributed by atoms with Gasteiger partial charge in [0.15, 0.2) is 5.69 Å². The second kappa shape index (κ2) is 6.13. The van der Waals surface area contributed by atoms with Crippen LogP contribution >= 0.6 is 11.6 Å². The van der Waals surface area contributed by atoms with Crippen molar-refractivity contribution >= 4 is 23.4 Å².